The van der Waals surface area contributed by atoms with Gasteiger partial charge in [0.15, 0.2) is 0 Å². The summed E-state index contributed by atoms with van der Waals surface area (Å²) in [5.41, 5.74) is 3.26. The van der Waals surface area contributed by atoms with Gasteiger partial charge in [-0.1, -0.05) is 67.9 Å². The van der Waals surface area contributed by atoms with Gasteiger partial charge in [0.25, 0.3) is 0 Å². The molecule has 8 heteroatoms. The molecule has 1 aromatic heterocycles. The molecule has 1 N–H and O–H groups in total. The number of hydrogen-bond acceptors (Lipinski definition) is 6. The van der Waals surface area contributed by atoms with Crippen LogP contribution >= 0.6 is 0 Å². The maximum Gasteiger partial charge on any atom is 0.243 e. The number of piperazine rings is 1. The van der Waals surface area contributed by atoms with Crippen molar-refractivity contribution in [3.05, 3.63) is 95.8 Å². The second-order valence-corrected chi connectivity index (χ2v) is 12.1. The second-order valence-electron chi connectivity index (χ2n) is 10.2. The van der Waals surface area contributed by atoms with Crippen molar-refractivity contribution in [1.29, 1.82) is 0 Å². The van der Waals surface area contributed by atoms with Gasteiger partial charge in [0.2, 0.25) is 10.0 Å². The molecule has 1 fully saturated rings. The van der Waals surface area contributed by atoms with Crippen LogP contribution in [0.25, 0.3) is 10.9 Å². The lowest BCUT2D eigenvalue weighted by molar-refractivity contribution is 0.141. The highest BCUT2D eigenvalue weighted by Crippen LogP contribution is 2.27. The van der Waals surface area contributed by atoms with E-state index in [1.807, 2.05) is 54.6 Å². The fourth-order valence-corrected chi connectivity index (χ4v) is 6.47. The molecule has 5 rings (SSSR count). The maximum atomic E-state index is 13.3. The van der Waals surface area contributed by atoms with Crippen LogP contribution in [-0.2, 0) is 23.0 Å². The second kappa shape index (κ2) is 12.2. The number of aryl methyl sites for hydroxylation is 1. The summed E-state index contributed by atoms with van der Waals surface area (Å²) in [4.78, 5) is 12.5. The van der Waals surface area contributed by atoms with E-state index in [1.54, 1.807) is 16.4 Å². The average molecular weight is 544 g/mol. The van der Waals surface area contributed by atoms with Crippen LogP contribution in [0, 0.1) is 0 Å². The number of anilines is 1. The summed E-state index contributed by atoms with van der Waals surface area (Å²) in [6.45, 7) is 7.06. The third-order valence-corrected chi connectivity index (χ3v) is 9.41. The minimum Gasteiger partial charge on any atom is -0.365 e. The van der Waals surface area contributed by atoms with E-state index < -0.39 is 10.0 Å². The number of rotatable bonds is 10. The van der Waals surface area contributed by atoms with E-state index in [2.05, 4.69) is 36.2 Å². The normalized spacial score (nSPS) is 15.8. The highest BCUT2D eigenvalue weighted by molar-refractivity contribution is 7.89. The van der Waals surface area contributed by atoms with Crippen LogP contribution in [0.3, 0.4) is 0 Å². The van der Waals surface area contributed by atoms with Crippen molar-refractivity contribution in [2.24, 2.45) is 0 Å². The SMILES string of the molecule is CCCCc1ccc(S(=O)(=O)N2CCN([C@H](C)c3nc(NCc4ccccc4)c4ccccc4n3)CC2)cc1. The van der Waals surface area contributed by atoms with Crippen LogP contribution in [-0.4, -0.2) is 53.8 Å². The van der Waals surface area contributed by atoms with Crippen molar-refractivity contribution in [2.75, 3.05) is 31.5 Å². The summed E-state index contributed by atoms with van der Waals surface area (Å²) in [5.74, 6) is 1.55. The van der Waals surface area contributed by atoms with Crippen molar-refractivity contribution >= 4 is 26.7 Å². The number of unbranched alkanes of at least 4 members (excludes halogenated alkanes) is 1. The molecule has 0 aliphatic carbocycles. The molecule has 3 aromatic carbocycles. The molecular weight excluding hydrogens is 506 g/mol. The van der Waals surface area contributed by atoms with E-state index in [1.165, 1.54) is 11.1 Å². The number of benzene rings is 3. The summed E-state index contributed by atoms with van der Waals surface area (Å²) in [7, 11) is -3.52. The topological polar surface area (TPSA) is 78.4 Å². The molecule has 0 radical (unpaired) electrons. The molecule has 39 heavy (non-hydrogen) atoms. The van der Waals surface area contributed by atoms with Gasteiger partial charge in [-0.15, -0.1) is 0 Å². The number of nitrogens with zero attached hydrogens (tertiary/aromatic N) is 4. The summed E-state index contributed by atoms with van der Waals surface area (Å²) in [6, 6.07) is 25.7. The Morgan fingerprint density at radius 2 is 1.54 bits per heavy atom. The van der Waals surface area contributed by atoms with Crippen LogP contribution < -0.4 is 5.32 Å². The highest BCUT2D eigenvalue weighted by atomic mass is 32.2. The molecule has 1 aliphatic heterocycles. The van der Waals surface area contributed by atoms with Gasteiger partial charge >= 0.3 is 0 Å². The predicted octanol–water partition coefficient (Wildman–Crippen LogP) is 5.65. The molecule has 0 saturated carbocycles. The van der Waals surface area contributed by atoms with E-state index in [4.69, 9.17) is 9.97 Å². The Bertz CT molecular complexity index is 1480. The molecule has 1 atom stereocenters. The Morgan fingerprint density at radius 3 is 2.26 bits per heavy atom. The van der Waals surface area contributed by atoms with Gasteiger partial charge in [0, 0.05) is 38.1 Å². The molecule has 2 heterocycles. The summed E-state index contributed by atoms with van der Waals surface area (Å²) >= 11 is 0. The van der Waals surface area contributed by atoms with Gasteiger partial charge in [0.1, 0.15) is 11.6 Å². The van der Waals surface area contributed by atoms with Crippen molar-refractivity contribution in [3.8, 4) is 0 Å². The number of fused-ring (bicyclic) bond motifs is 1. The van der Waals surface area contributed by atoms with Gasteiger partial charge in [-0.25, -0.2) is 18.4 Å². The molecule has 0 spiro atoms. The van der Waals surface area contributed by atoms with Gasteiger partial charge in [-0.2, -0.15) is 4.31 Å². The number of para-hydroxylation sites is 1. The lowest BCUT2D eigenvalue weighted by atomic mass is 10.1. The zero-order valence-corrected chi connectivity index (χ0v) is 23.6. The van der Waals surface area contributed by atoms with E-state index in [0.29, 0.717) is 37.6 Å². The molecule has 0 unspecified atom stereocenters. The Balaban J connectivity index is 1.28. The molecular formula is C31H37N5O2S. The fraction of sp³-hybridized carbons (Fsp3) is 0.355. The average Bonchev–Trinajstić information content (AvgIpc) is 2.99. The molecule has 0 bridgehead atoms. The number of nitrogens with one attached hydrogen (secondary N) is 1. The van der Waals surface area contributed by atoms with Crippen LogP contribution in [0.2, 0.25) is 0 Å². The molecule has 1 saturated heterocycles. The first-order chi connectivity index (χ1) is 19.0. The van der Waals surface area contributed by atoms with Crippen LogP contribution in [0.5, 0.6) is 0 Å². The summed E-state index contributed by atoms with van der Waals surface area (Å²) in [5, 5.41) is 4.49. The minimum atomic E-state index is -3.52. The van der Waals surface area contributed by atoms with E-state index >= 15 is 0 Å². The Kier molecular flexibility index (Phi) is 8.55. The molecule has 0 amide bonds. The maximum absolute atomic E-state index is 13.3. The molecule has 7 nitrogen and oxygen atoms in total. The first kappa shape index (κ1) is 27.2. The van der Waals surface area contributed by atoms with Crippen LogP contribution in [0.4, 0.5) is 5.82 Å². The first-order valence-electron chi connectivity index (χ1n) is 13.8. The Morgan fingerprint density at radius 1 is 0.846 bits per heavy atom. The number of aromatic nitrogens is 2. The standard InChI is InChI=1S/C31H37N5O2S/c1-3-4-10-25-15-17-27(18-16-25)39(37,38)36-21-19-35(20-22-36)24(2)30-33-29-14-9-8-13-28(29)31(34-30)32-23-26-11-6-5-7-12-26/h5-9,11-18,24H,3-4,10,19-23H2,1-2H3,(H,32,33,34)/t24-/m1/s1. The molecule has 4 aromatic rings. The zero-order chi connectivity index (χ0) is 27.2. The minimum absolute atomic E-state index is 0.0467. The Labute approximate surface area is 232 Å². The first-order valence-corrected chi connectivity index (χ1v) is 15.3. The van der Waals surface area contributed by atoms with Crippen molar-refractivity contribution in [3.63, 3.8) is 0 Å². The summed E-state index contributed by atoms with van der Waals surface area (Å²) < 4.78 is 28.2. The number of hydrogen-bond donors (Lipinski definition) is 1. The van der Waals surface area contributed by atoms with E-state index in [0.717, 1.165) is 41.8 Å². The monoisotopic (exact) mass is 543 g/mol. The third kappa shape index (κ3) is 6.30. The number of sulfonamides is 1. The molecule has 204 valence electrons. The molecule has 1 aliphatic rings. The predicted molar refractivity (Wildman–Crippen MR) is 157 cm³/mol. The fourth-order valence-electron chi connectivity index (χ4n) is 5.05. The van der Waals surface area contributed by atoms with Gasteiger partial charge in [-0.3, -0.25) is 4.90 Å². The van der Waals surface area contributed by atoms with E-state index in [9.17, 15) is 8.42 Å². The van der Waals surface area contributed by atoms with Gasteiger partial charge < -0.3 is 5.32 Å². The summed E-state index contributed by atoms with van der Waals surface area (Å²) in [6.07, 6.45) is 3.21. The van der Waals surface area contributed by atoms with Crippen molar-refractivity contribution in [2.45, 2.75) is 50.6 Å². The largest absolute Gasteiger partial charge is 0.365 e. The highest BCUT2D eigenvalue weighted by Gasteiger charge is 2.31. The Hall–Kier alpha value is -3.33. The van der Waals surface area contributed by atoms with Crippen molar-refractivity contribution in [1.82, 2.24) is 19.2 Å². The smallest absolute Gasteiger partial charge is 0.243 e. The third-order valence-electron chi connectivity index (χ3n) is 7.50. The van der Waals surface area contributed by atoms with Gasteiger partial charge in [-0.05, 0) is 55.2 Å². The zero-order valence-electron chi connectivity index (χ0n) is 22.8. The van der Waals surface area contributed by atoms with E-state index in [-0.39, 0.29) is 6.04 Å². The van der Waals surface area contributed by atoms with Crippen LogP contribution in [0.1, 0.15) is 49.7 Å². The van der Waals surface area contributed by atoms with Gasteiger partial charge in [0.05, 0.1) is 16.5 Å². The lowest BCUT2D eigenvalue weighted by Gasteiger charge is -2.37. The lowest BCUT2D eigenvalue weighted by Crippen LogP contribution is -2.49. The van der Waals surface area contributed by atoms with Crippen molar-refractivity contribution < 1.29 is 8.42 Å². The quantitative estimate of drug-likeness (QED) is 0.278. The van der Waals surface area contributed by atoms with Crippen LogP contribution in [0.15, 0.2) is 83.8 Å².